The Labute approximate surface area is 59.8 Å². The summed E-state index contributed by atoms with van der Waals surface area (Å²) in [5, 5.41) is 0. The molecule has 1 aliphatic rings. The van der Waals surface area contributed by atoms with Crippen molar-refractivity contribution >= 4 is 17.5 Å². The molecule has 9 heavy (non-hydrogen) atoms. The molecule has 1 heterocycles. The van der Waals surface area contributed by atoms with Crippen molar-refractivity contribution in [2.24, 2.45) is 5.41 Å². The van der Waals surface area contributed by atoms with Gasteiger partial charge in [0.2, 0.25) is 5.91 Å². The van der Waals surface area contributed by atoms with Crippen LogP contribution in [0.1, 0.15) is 6.92 Å². The van der Waals surface area contributed by atoms with Gasteiger partial charge in [-0.15, -0.1) is 11.6 Å². The van der Waals surface area contributed by atoms with Gasteiger partial charge < -0.3 is 4.90 Å². The van der Waals surface area contributed by atoms with E-state index >= 15 is 0 Å². The molecule has 52 valence electrons. The molecule has 0 N–H and O–H groups in total. The third-order valence-corrected chi connectivity index (χ3v) is 2.33. The molecule has 1 aliphatic heterocycles. The number of hydrogen-bond acceptors (Lipinski definition) is 1. The number of likely N-dealkylation sites (tertiary alicyclic amines) is 1. The molecule has 0 saturated carbocycles. The third-order valence-electron chi connectivity index (χ3n) is 1.74. The van der Waals surface area contributed by atoms with E-state index in [0.717, 1.165) is 6.54 Å². The Morgan fingerprint density at radius 3 is 2.56 bits per heavy atom. The summed E-state index contributed by atoms with van der Waals surface area (Å²) in [6.45, 7) is 2.69. The van der Waals surface area contributed by atoms with Gasteiger partial charge in [-0.3, -0.25) is 4.79 Å². The van der Waals surface area contributed by atoms with Crippen LogP contribution < -0.4 is 0 Å². The number of rotatable bonds is 1. The highest BCUT2D eigenvalue weighted by atomic mass is 35.5. The highest BCUT2D eigenvalue weighted by Gasteiger charge is 2.45. The van der Waals surface area contributed by atoms with Gasteiger partial charge in [-0.05, 0) is 6.92 Å². The number of amides is 1. The number of halogens is 1. The van der Waals surface area contributed by atoms with E-state index in [1.54, 1.807) is 11.9 Å². The van der Waals surface area contributed by atoms with Crippen molar-refractivity contribution in [1.82, 2.24) is 4.90 Å². The Balaban J connectivity index is 2.59. The lowest BCUT2D eigenvalue weighted by molar-refractivity contribution is -0.153. The molecule has 0 aromatic heterocycles. The monoisotopic (exact) mass is 147 g/mol. The molecule has 1 atom stereocenters. The number of carbonyl (C=O) groups excluding carboxylic acids is 1. The van der Waals surface area contributed by atoms with E-state index in [9.17, 15) is 4.79 Å². The van der Waals surface area contributed by atoms with E-state index in [1.165, 1.54) is 0 Å². The Kier molecular flexibility index (Phi) is 1.43. The molecule has 2 nitrogen and oxygen atoms in total. The lowest BCUT2D eigenvalue weighted by atomic mass is 9.83. The van der Waals surface area contributed by atoms with Crippen LogP contribution in [0.3, 0.4) is 0 Å². The average molecular weight is 148 g/mol. The van der Waals surface area contributed by atoms with Gasteiger partial charge in [-0.1, -0.05) is 0 Å². The molecule has 1 saturated heterocycles. The first-order chi connectivity index (χ1) is 4.10. The average Bonchev–Trinajstić information content (AvgIpc) is 1.87. The maximum absolute atomic E-state index is 11.0. The van der Waals surface area contributed by atoms with Crippen molar-refractivity contribution in [2.75, 3.05) is 19.5 Å². The van der Waals surface area contributed by atoms with E-state index in [4.69, 9.17) is 11.6 Å². The molecule has 0 spiro atoms. The molecule has 1 fully saturated rings. The Morgan fingerprint density at radius 2 is 2.44 bits per heavy atom. The van der Waals surface area contributed by atoms with E-state index < -0.39 is 0 Å². The summed E-state index contributed by atoms with van der Waals surface area (Å²) in [6, 6.07) is 0. The molecule has 1 rings (SSSR count). The fourth-order valence-electron chi connectivity index (χ4n) is 1.13. The zero-order valence-electron chi connectivity index (χ0n) is 5.65. The molecular weight excluding hydrogens is 138 g/mol. The zero-order chi connectivity index (χ0) is 7.07. The molecule has 0 bridgehead atoms. The summed E-state index contributed by atoms with van der Waals surface area (Å²) < 4.78 is 0. The summed E-state index contributed by atoms with van der Waals surface area (Å²) >= 11 is 5.56. The second-order valence-corrected chi connectivity index (χ2v) is 3.12. The third kappa shape index (κ3) is 0.816. The summed E-state index contributed by atoms with van der Waals surface area (Å²) in [5.41, 5.74) is -0.254. The molecule has 1 amide bonds. The normalized spacial score (nSPS) is 34.6. The summed E-state index contributed by atoms with van der Waals surface area (Å²) in [7, 11) is 1.79. The molecule has 0 aromatic carbocycles. The van der Waals surface area contributed by atoms with Gasteiger partial charge in [-0.25, -0.2) is 0 Å². The standard InChI is InChI=1S/C6H10ClNO/c1-6(3-7)4-8(2)5(6)9/h3-4H2,1-2H3. The highest BCUT2D eigenvalue weighted by Crippen LogP contribution is 2.30. The van der Waals surface area contributed by atoms with Gasteiger partial charge in [0, 0.05) is 19.5 Å². The van der Waals surface area contributed by atoms with Crippen molar-refractivity contribution in [1.29, 1.82) is 0 Å². The van der Waals surface area contributed by atoms with Gasteiger partial charge in [0.05, 0.1) is 5.41 Å². The van der Waals surface area contributed by atoms with Crippen LogP contribution in [0.4, 0.5) is 0 Å². The van der Waals surface area contributed by atoms with Crippen molar-refractivity contribution < 1.29 is 4.79 Å². The molecular formula is C6H10ClNO. The molecule has 0 aliphatic carbocycles. The van der Waals surface area contributed by atoms with Crippen LogP contribution in [-0.2, 0) is 4.79 Å². The Hall–Kier alpha value is -0.240. The second-order valence-electron chi connectivity index (χ2n) is 2.86. The van der Waals surface area contributed by atoms with Gasteiger partial charge in [0.25, 0.3) is 0 Å². The Bertz CT molecular complexity index is 148. The van der Waals surface area contributed by atoms with Crippen LogP contribution in [0.2, 0.25) is 0 Å². The maximum Gasteiger partial charge on any atom is 0.231 e. The minimum absolute atomic E-state index is 0.164. The molecule has 1 unspecified atom stereocenters. The van der Waals surface area contributed by atoms with Crippen LogP contribution in [0, 0.1) is 5.41 Å². The van der Waals surface area contributed by atoms with Crippen LogP contribution >= 0.6 is 11.6 Å². The maximum atomic E-state index is 11.0. The van der Waals surface area contributed by atoms with Crippen molar-refractivity contribution in [3.63, 3.8) is 0 Å². The van der Waals surface area contributed by atoms with Gasteiger partial charge in [-0.2, -0.15) is 0 Å². The van der Waals surface area contributed by atoms with E-state index in [-0.39, 0.29) is 11.3 Å². The highest BCUT2D eigenvalue weighted by molar-refractivity contribution is 6.20. The number of hydrogen-bond donors (Lipinski definition) is 0. The quantitative estimate of drug-likeness (QED) is 0.395. The lowest BCUT2D eigenvalue weighted by Crippen LogP contribution is -2.58. The fraction of sp³-hybridized carbons (Fsp3) is 0.833. The van der Waals surface area contributed by atoms with E-state index in [0.29, 0.717) is 5.88 Å². The second kappa shape index (κ2) is 1.87. The number of β-lactam (4-membered cyclic amide) rings is 1. The molecule has 0 radical (unpaired) electrons. The molecule has 0 aromatic rings. The fourth-order valence-corrected chi connectivity index (χ4v) is 1.33. The molecule has 3 heteroatoms. The van der Waals surface area contributed by atoms with E-state index in [2.05, 4.69) is 0 Å². The van der Waals surface area contributed by atoms with Crippen molar-refractivity contribution in [3.8, 4) is 0 Å². The van der Waals surface area contributed by atoms with Crippen molar-refractivity contribution in [3.05, 3.63) is 0 Å². The smallest absolute Gasteiger partial charge is 0.231 e. The van der Waals surface area contributed by atoms with Crippen LogP contribution in [0.15, 0.2) is 0 Å². The minimum Gasteiger partial charge on any atom is -0.344 e. The zero-order valence-corrected chi connectivity index (χ0v) is 6.40. The van der Waals surface area contributed by atoms with Gasteiger partial charge >= 0.3 is 0 Å². The first-order valence-corrected chi connectivity index (χ1v) is 3.45. The summed E-state index contributed by atoms with van der Waals surface area (Å²) in [5.74, 6) is 0.605. The topological polar surface area (TPSA) is 20.3 Å². The van der Waals surface area contributed by atoms with Crippen LogP contribution in [0.5, 0.6) is 0 Å². The Morgan fingerprint density at radius 1 is 1.89 bits per heavy atom. The van der Waals surface area contributed by atoms with E-state index in [1.807, 2.05) is 6.92 Å². The largest absolute Gasteiger partial charge is 0.344 e. The van der Waals surface area contributed by atoms with Gasteiger partial charge in [0.15, 0.2) is 0 Å². The summed E-state index contributed by atoms with van der Waals surface area (Å²) in [4.78, 5) is 12.6. The summed E-state index contributed by atoms with van der Waals surface area (Å²) in [6.07, 6.45) is 0. The predicted octanol–water partition coefficient (Wildman–Crippen LogP) is 0.704. The first kappa shape index (κ1) is 6.87. The predicted molar refractivity (Wildman–Crippen MR) is 36.5 cm³/mol. The number of alkyl halides is 1. The number of nitrogens with zero attached hydrogens (tertiary/aromatic N) is 1. The SMILES string of the molecule is CN1CC(C)(CCl)C1=O. The first-order valence-electron chi connectivity index (χ1n) is 2.92. The minimum atomic E-state index is -0.254. The lowest BCUT2D eigenvalue weighted by Gasteiger charge is -2.43. The van der Waals surface area contributed by atoms with Crippen LogP contribution in [0.25, 0.3) is 0 Å². The number of carbonyl (C=O) groups is 1. The van der Waals surface area contributed by atoms with Gasteiger partial charge in [0.1, 0.15) is 0 Å². The van der Waals surface area contributed by atoms with Crippen molar-refractivity contribution in [2.45, 2.75) is 6.92 Å². The van der Waals surface area contributed by atoms with Crippen LogP contribution in [-0.4, -0.2) is 30.3 Å².